The summed E-state index contributed by atoms with van der Waals surface area (Å²) in [5, 5.41) is 11.2. The molecule has 0 saturated heterocycles. The summed E-state index contributed by atoms with van der Waals surface area (Å²) in [6, 6.07) is 19.7. The Hall–Kier alpha value is -2.93. The molecule has 0 aliphatic rings. The Bertz CT molecular complexity index is 981. The molecule has 0 spiro atoms. The lowest BCUT2D eigenvalue weighted by Gasteiger charge is -2.23. The monoisotopic (exact) mass is 482 g/mol. The highest BCUT2D eigenvalue weighted by molar-refractivity contribution is 9.10. The van der Waals surface area contributed by atoms with Gasteiger partial charge in [0.15, 0.2) is 11.5 Å². The number of nitrogens with zero attached hydrogens (tertiary/aromatic N) is 3. The fourth-order valence-electron chi connectivity index (χ4n) is 3.05. The molecule has 31 heavy (non-hydrogen) atoms. The van der Waals surface area contributed by atoms with Crippen LogP contribution in [0.4, 0.5) is 5.82 Å². The summed E-state index contributed by atoms with van der Waals surface area (Å²) in [5.74, 6) is 1.34. The number of nitrogens with one attached hydrogen (secondary N) is 1. The minimum atomic E-state index is -0.201. The fourth-order valence-corrected chi connectivity index (χ4v) is 3.46. The Labute approximate surface area is 191 Å². The van der Waals surface area contributed by atoms with Crippen molar-refractivity contribution in [2.75, 3.05) is 18.0 Å². The molecule has 0 radical (unpaired) electrons. The molecule has 0 bridgehead atoms. The molecule has 1 amide bonds. The van der Waals surface area contributed by atoms with E-state index in [9.17, 15) is 4.79 Å². The van der Waals surface area contributed by atoms with Crippen molar-refractivity contribution in [2.45, 2.75) is 33.4 Å². The first-order chi connectivity index (χ1) is 15.1. The minimum Gasteiger partial charge on any atom is -0.489 e. The van der Waals surface area contributed by atoms with E-state index in [0.717, 1.165) is 34.3 Å². The number of halogens is 1. The van der Waals surface area contributed by atoms with E-state index in [2.05, 4.69) is 49.3 Å². The normalized spacial score (nSPS) is 10.5. The largest absolute Gasteiger partial charge is 0.489 e. The highest BCUT2D eigenvalue weighted by atomic mass is 79.9. The van der Waals surface area contributed by atoms with Crippen LogP contribution in [0.25, 0.3) is 0 Å². The molecular weight excluding hydrogens is 456 g/mol. The molecule has 0 saturated carbocycles. The molecule has 6 nitrogen and oxygen atoms in total. The molecule has 0 fully saturated rings. The summed E-state index contributed by atoms with van der Waals surface area (Å²) in [5.41, 5.74) is 2.48. The number of rotatable bonds is 10. The van der Waals surface area contributed by atoms with Crippen LogP contribution < -0.4 is 15.0 Å². The van der Waals surface area contributed by atoms with Gasteiger partial charge >= 0.3 is 0 Å². The second-order valence-corrected chi connectivity index (χ2v) is 7.99. The van der Waals surface area contributed by atoms with E-state index < -0.39 is 0 Å². The van der Waals surface area contributed by atoms with Crippen molar-refractivity contribution in [3.63, 3.8) is 0 Å². The fraction of sp³-hybridized carbons (Fsp3) is 0.292. The van der Waals surface area contributed by atoms with Gasteiger partial charge in [0.05, 0.1) is 0 Å². The zero-order valence-electron chi connectivity index (χ0n) is 17.8. The Morgan fingerprint density at radius 3 is 2.55 bits per heavy atom. The summed E-state index contributed by atoms with van der Waals surface area (Å²) >= 11 is 3.56. The van der Waals surface area contributed by atoms with Crippen molar-refractivity contribution in [2.24, 2.45) is 0 Å². The summed E-state index contributed by atoms with van der Waals surface area (Å²) in [6.07, 6.45) is 0.877. The molecule has 1 heterocycles. The lowest BCUT2D eigenvalue weighted by molar-refractivity contribution is 0.0947. The molecule has 1 N–H and O–H groups in total. The Kier molecular flexibility index (Phi) is 8.41. The number of anilines is 1. The van der Waals surface area contributed by atoms with Gasteiger partial charge in [0.1, 0.15) is 12.4 Å². The van der Waals surface area contributed by atoms with Gasteiger partial charge in [-0.15, -0.1) is 10.2 Å². The van der Waals surface area contributed by atoms with Crippen LogP contribution in [0.3, 0.4) is 0 Å². The standard InChI is InChI=1S/C24H27BrN4O2/c1-3-14-26-24(30)21-11-13-23(28-27-21)29(4-2)16-19-15-20(25)10-12-22(19)31-17-18-8-6-5-7-9-18/h5-13,15H,3-4,14,16-17H2,1-2H3,(H,26,30). The number of hydrogen-bond donors (Lipinski definition) is 1. The van der Waals surface area contributed by atoms with Crippen molar-refractivity contribution in [1.29, 1.82) is 0 Å². The first-order valence-electron chi connectivity index (χ1n) is 10.4. The van der Waals surface area contributed by atoms with Crippen molar-refractivity contribution < 1.29 is 9.53 Å². The molecule has 0 aliphatic carbocycles. The highest BCUT2D eigenvalue weighted by Gasteiger charge is 2.14. The van der Waals surface area contributed by atoms with E-state index >= 15 is 0 Å². The first kappa shape index (κ1) is 22.7. The van der Waals surface area contributed by atoms with Crippen LogP contribution in [0.5, 0.6) is 5.75 Å². The number of carbonyl (C=O) groups is 1. The molecule has 0 aliphatic heterocycles. The molecule has 1 aromatic heterocycles. The first-order valence-corrected chi connectivity index (χ1v) is 11.2. The maximum atomic E-state index is 12.1. The van der Waals surface area contributed by atoms with Crippen LogP contribution in [0.2, 0.25) is 0 Å². The highest BCUT2D eigenvalue weighted by Crippen LogP contribution is 2.27. The number of hydrogen-bond acceptors (Lipinski definition) is 5. The number of aromatic nitrogens is 2. The van der Waals surface area contributed by atoms with Crippen LogP contribution in [-0.4, -0.2) is 29.2 Å². The van der Waals surface area contributed by atoms with Gasteiger partial charge in [-0.2, -0.15) is 0 Å². The van der Waals surface area contributed by atoms with Gasteiger partial charge in [-0.1, -0.05) is 53.2 Å². The van der Waals surface area contributed by atoms with Crippen LogP contribution in [0.15, 0.2) is 65.1 Å². The maximum absolute atomic E-state index is 12.1. The van der Waals surface area contributed by atoms with Gasteiger partial charge < -0.3 is 15.0 Å². The molecule has 0 unspecified atom stereocenters. The van der Waals surface area contributed by atoms with E-state index in [1.54, 1.807) is 6.07 Å². The number of carbonyl (C=O) groups excluding carboxylic acids is 1. The minimum absolute atomic E-state index is 0.201. The van der Waals surface area contributed by atoms with E-state index in [-0.39, 0.29) is 5.91 Å². The van der Waals surface area contributed by atoms with E-state index in [1.807, 2.05) is 55.5 Å². The van der Waals surface area contributed by atoms with Gasteiger partial charge in [-0.25, -0.2) is 0 Å². The predicted octanol–water partition coefficient (Wildman–Crippen LogP) is 4.98. The van der Waals surface area contributed by atoms with E-state index in [1.165, 1.54) is 0 Å². The average molecular weight is 483 g/mol. The summed E-state index contributed by atoms with van der Waals surface area (Å²) in [6.45, 7) is 6.54. The Balaban J connectivity index is 1.73. The Morgan fingerprint density at radius 1 is 1.06 bits per heavy atom. The lowest BCUT2D eigenvalue weighted by Crippen LogP contribution is -2.27. The molecule has 162 valence electrons. The predicted molar refractivity (Wildman–Crippen MR) is 126 cm³/mol. The van der Waals surface area contributed by atoms with Gasteiger partial charge in [0.2, 0.25) is 0 Å². The molecule has 0 atom stereocenters. The van der Waals surface area contributed by atoms with Crippen molar-refractivity contribution in [3.05, 3.63) is 82.0 Å². The second-order valence-electron chi connectivity index (χ2n) is 7.07. The van der Waals surface area contributed by atoms with Gasteiger partial charge in [-0.05, 0) is 49.2 Å². The van der Waals surface area contributed by atoms with Crippen LogP contribution in [0.1, 0.15) is 41.9 Å². The van der Waals surface area contributed by atoms with Gasteiger partial charge in [0.25, 0.3) is 5.91 Å². The zero-order valence-corrected chi connectivity index (χ0v) is 19.4. The van der Waals surface area contributed by atoms with Crippen molar-refractivity contribution >= 4 is 27.7 Å². The van der Waals surface area contributed by atoms with Gasteiger partial charge in [0, 0.05) is 29.7 Å². The van der Waals surface area contributed by atoms with Crippen LogP contribution >= 0.6 is 15.9 Å². The molecule has 3 aromatic rings. The van der Waals surface area contributed by atoms with Crippen LogP contribution in [0, 0.1) is 0 Å². The van der Waals surface area contributed by atoms with Crippen molar-refractivity contribution in [3.8, 4) is 5.75 Å². The SMILES string of the molecule is CCCNC(=O)c1ccc(N(CC)Cc2cc(Br)ccc2OCc2ccccc2)nn1. The molecular formula is C24H27BrN4O2. The molecule has 2 aromatic carbocycles. The average Bonchev–Trinajstić information content (AvgIpc) is 2.81. The smallest absolute Gasteiger partial charge is 0.271 e. The van der Waals surface area contributed by atoms with Gasteiger partial charge in [-0.3, -0.25) is 4.79 Å². The summed E-state index contributed by atoms with van der Waals surface area (Å²) in [7, 11) is 0. The molecule has 7 heteroatoms. The van der Waals surface area contributed by atoms with E-state index in [0.29, 0.717) is 31.2 Å². The quantitative estimate of drug-likeness (QED) is 0.441. The third-order valence-electron chi connectivity index (χ3n) is 4.75. The third kappa shape index (κ3) is 6.52. The van der Waals surface area contributed by atoms with Crippen LogP contribution in [-0.2, 0) is 13.2 Å². The van der Waals surface area contributed by atoms with E-state index in [4.69, 9.17) is 4.74 Å². The Morgan fingerprint density at radius 2 is 1.87 bits per heavy atom. The lowest BCUT2D eigenvalue weighted by atomic mass is 10.1. The molecule has 3 rings (SSSR count). The van der Waals surface area contributed by atoms with Crippen molar-refractivity contribution in [1.82, 2.24) is 15.5 Å². The number of amides is 1. The number of ether oxygens (including phenoxy) is 1. The third-order valence-corrected chi connectivity index (χ3v) is 5.24. The number of benzene rings is 2. The summed E-state index contributed by atoms with van der Waals surface area (Å²) < 4.78 is 7.10. The zero-order chi connectivity index (χ0) is 22.1. The topological polar surface area (TPSA) is 67.4 Å². The maximum Gasteiger partial charge on any atom is 0.271 e. The second kappa shape index (κ2) is 11.5. The summed E-state index contributed by atoms with van der Waals surface area (Å²) in [4.78, 5) is 14.2.